The van der Waals surface area contributed by atoms with Gasteiger partial charge in [-0.05, 0) is 42.4 Å². The van der Waals surface area contributed by atoms with Crippen molar-refractivity contribution in [2.24, 2.45) is 23.2 Å². The van der Waals surface area contributed by atoms with E-state index in [0.717, 1.165) is 12.7 Å². The van der Waals surface area contributed by atoms with Crippen molar-refractivity contribution in [2.75, 3.05) is 0 Å². The van der Waals surface area contributed by atoms with Crippen molar-refractivity contribution in [3.8, 4) is 0 Å². The summed E-state index contributed by atoms with van der Waals surface area (Å²) in [6.45, 7) is 10.8. The zero-order chi connectivity index (χ0) is 11.8. The molecule has 2 aliphatic rings. The molecule has 1 unspecified atom stereocenters. The Hall–Kier alpha value is 0.514. The predicted molar refractivity (Wildman–Crippen MR) is 65.8 cm³/mol. The number of allylic oxidation sites excluding steroid dienone is 1. The van der Waals surface area contributed by atoms with Gasteiger partial charge in [0, 0.05) is 39.1 Å². The van der Waals surface area contributed by atoms with Crippen LogP contribution in [0.5, 0.6) is 0 Å². The van der Waals surface area contributed by atoms with E-state index in [0.29, 0.717) is 29.6 Å². The molecule has 0 saturated heterocycles. The minimum absolute atomic E-state index is 0. The fraction of sp³-hybridized carbons (Fsp3) is 0.800. The van der Waals surface area contributed by atoms with Crippen LogP contribution in [0.3, 0.4) is 0 Å². The van der Waals surface area contributed by atoms with Gasteiger partial charge in [-0.2, -0.15) is 0 Å². The number of aldehydes is 1. The summed E-state index contributed by atoms with van der Waals surface area (Å²) >= 11 is 0. The van der Waals surface area contributed by atoms with Crippen LogP contribution in [0.15, 0.2) is 5.57 Å². The largest absolute Gasteiger partial charge is 0.514 e. The third-order valence-electron chi connectivity index (χ3n) is 5.19. The minimum atomic E-state index is 0. The Bertz CT molecular complexity index is 299. The summed E-state index contributed by atoms with van der Waals surface area (Å²) in [7, 11) is 0. The van der Waals surface area contributed by atoms with E-state index >= 15 is 0 Å². The van der Waals surface area contributed by atoms with Gasteiger partial charge in [0.1, 0.15) is 6.29 Å². The SMILES string of the molecule is [CH-]=C1CCC[C@@]2(C)C1CC[C@@H]2[C@@H](C)CC=O.[Y]. The van der Waals surface area contributed by atoms with Gasteiger partial charge >= 0.3 is 0 Å². The van der Waals surface area contributed by atoms with Gasteiger partial charge in [0.25, 0.3) is 0 Å². The smallest absolute Gasteiger partial charge is 0.120 e. The molecule has 93 valence electrons. The van der Waals surface area contributed by atoms with Gasteiger partial charge in [0.15, 0.2) is 0 Å². The van der Waals surface area contributed by atoms with Crippen LogP contribution in [-0.2, 0) is 37.5 Å². The Balaban J connectivity index is 0.00000144. The number of hydrogen-bond donors (Lipinski definition) is 0. The van der Waals surface area contributed by atoms with E-state index < -0.39 is 0 Å². The molecule has 0 spiro atoms. The van der Waals surface area contributed by atoms with E-state index in [9.17, 15) is 4.79 Å². The maximum absolute atomic E-state index is 10.7. The summed E-state index contributed by atoms with van der Waals surface area (Å²) in [6.07, 6.45) is 7.96. The molecule has 2 aliphatic carbocycles. The summed E-state index contributed by atoms with van der Waals surface area (Å²) in [4.78, 5) is 10.7. The first-order valence-electron chi connectivity index (χ1n) is 6.64. The molecule has 0 aromatic heterocycles. The van der Waals surface area contributed by atoms with Crippen molar-refractivity contribution in [2.45, 2.75) is 52.4 Å². The molecule has 0 aliphatic heterocycles. The Labute approximate surface area is 131 Å². The Kier molecular flexibility index (Phi) is 5.59. The van der Waals surface area contributed by atoms with Gasteiger partial charge in [-0.1, -0.05) is 26.7 Å². The summed E-state index contributed by atoms with van der Waals surface area (Å²) in [5.41, 5.74) is 1.61. The molecule has 0 amide bonds. The number of carbonyl (C=O) groups is 1. The van der Waals surface area contributed by atoms with Crippen LogP contribution in [0.25, 0.3) is 0 Å². The van der Waals surface area contributed by atoms with Crippen molar-refractivity contribution in [3.05, 3.63) is 12.2 Å². The van der Waals surface area contributed by atoms with E-state index in [1.807, 2.05) is 0 Å². The summed E-state index contributed by atoms with van der Waals surface area (Å²) in [5.74, 6) is 1.85. The zero-order valence-corrected chi connectivity index (χ0v) is 14.0. The van der Waals surface area contributed by atoms with Crippen molar-refractivity contribution in [3.63, 3.8) is 0 Å². The van der Waals surface area contributed by atoms with Crippen LogP contribution in [0.2, 0.25) is 0 Å². The maximum atomic E-state index is 10.7. The molecule has 0 N–H and O–H groups in total. The molecule has 2 fully saturated rings. The van der Waals surface area contributed by atoms with Crippen LogP contribution in [0.1, 0.15) is 52.4 Å². The fourth-order valence-corrected chi connectivity index (χ4v) is 4.33. The first-order chi connectivity index (χ1) is 7.59. The second-order valence-electron chi connectivity index (χ2n) is 6.05. The Morgan fingerprint density at radius 2 is 2.24 bits per heavy atom. The molecule has 1 nitrogen and oxygen atoms in total. The number of carbonyl (C=O) groups excluding carboxylic acids is 1. The molecular formula is C15H23OY-. The predicted octanol–water partition coefficient (Wildman–Crippen LogP) is 3.78. The molecular weight excluding hydrogens is 285 g/mol. The minimum Gasteiger partial charge on any atom is -0.514 e. The molecule has 0 bridgehead atoms. The average Bonchev–Trinajstić information content (AvgIpc) is 2.57. The van der Waals surface area contributed by atoms with Crippen molar-refractivity contribution < 1.29 is 37.5 Å². The van der Waals surface area contributed by atoms with Gasteiger partial charge in [-0.25, -0.2) is 0 Å². The van der Waals surface area contributed by atoms with Crippen LogP contribution in [-0.4, -0.2) is 6.29 Å². The molecule has 2 heteroatoms. The van der Waals surface area contributed by atoms with E-state index in [2.05, 4.69) is 13.8 Å². The van der Waals surface area contributed by atoms with E-state index in [1.165, 1.54) is 31.3 Å². The molecule has 1 radical (unpaired) electrons. The fourth-order valence-electron chi connectivity index (χ4n) is 4.33. The van der Waals surface area contributed by atoms with Gasteiger partial charge in [-0.3, -0.25) is 5.57 Å². The third-order valence-corrected chi connectivity index (χ3v) is 5.19. The quantitative estimate of drug-likeness (QED) is 0.573. The van der Waals surface area contributed by atoms with Crippen molar-refractivity contribution in [1.82, 2.24) is 0 Å². The van der Waals surface area contributed by atoms with Crippen LogP contribution in [0.4, 0.5) is 0 Å². The van der Waals surface area contributed by atoms with E-state index in [4.69, 9.17) is 6.58 Å². The molecule has 4 atom stereocenters. The summed E-state index contributed by atoms with van der Waals surface area (Å²) < 4.78 is 0. The third kappa shape index (κ3) is 2.76. The van der Waals surface area contributed by atoms with E-state index in [-0.39, 0.29) is 32.7 Å². The first kappa shape index (κ1) is 15.6. The first-order valence-corrected chi connectivity index (χ1v) is 6.64. The van der Waals surface area contributed by atoms with Crippen molar-refractivity contribution >= 4 is 6.29 Å². The standard InChI is InChI=1S/C15H23O.Y/c1-11-5-4-9-15(3)13(11)6-7-14(15)12(2)8-10-16;/h1,10,12-14H,4-9H2,2-3H3;/q-1;/t12-,13?,14+,15-;/m0./s1. The maximum Gasteiger partial charge on any atom is 0.120 e. The van der Waals surface area contributed by atoms with Crippen LogP contribution < -0.4 is 0 Å². The van der Waals surface area contributed by atoms with Crippen LogP contribution in [0, 0.1) is 29.7 Å². The normalized spacial score (nSPS) is 38.1. The van der Waals surface area contributed by atoms with Crippen molar-refractivity contribution in [1.29, 1.82) is 0 Å². The second kappa shape index (κ2) is 6.11. The van der Waals surface area contributed by atoms with Gasteiger partial charge in [0.05, 0.1) is 0 Å². The molecule has 2 saturated carbocycles. The number of fused-ring (bicyclic) bond motifs is 1. The second-order valence-corrected chi connectivity index (χ2v) is 6.05. The van der Waals surface area contributed by atoms with Gasteiger partial charge < -0.3 is 11.4 Å². The monoisotopic (exact) mass is 308 g/mol. The molecule has 0 heterocycles. The molecule has 0 aromatic rings. The zero-order valence-electron chi connectivity index (χ0n) is 11.1. The molecule has 0 aromatic carbocycles. The van der Waals surface area contributed by atoms with Gasteiger partial charge in [-0.15, -0.1) is 0 Å². The number of rotatable bonds is 3. The average molecular weight is 308 g/mol. The van der Waals surface area contributed by atoms with Gasteiger partial charge in [0.2, 0.25) is 0 Å². The summed E-state index contributed by atoms with van der Waals surface area (Å²) in [5, 5.41) is 0. The van der Waals surface area contributed by atoms with Crippen LogP contribution >= 0.6 is 0 Å². The Morgan fingerprint density at radius 1 is 1.53 bits per heavy atom. The topological polar surface area (TPSA) is 17.1 Å². The molecule has 2 rings (SSSR count). The van der Waals surface area contributed by atoms with E-state index in [1.54, 1.807) is 0 Å². The summed E-state index contributed by atoms with van der Waals surface area (Å²) in [6, 6.07) is 0. The Morgan fingerprint density at radius 3 is 2.88 bits per heavy atom. The number of hydrogen-bond acceptors (Lipinski definition) is 1. The molecule has 17 heavy (non-hydrogen) atoms.